The third-order valence-corrected chi connectivity index (χ3v) is 4.31. The molecule has 1 aromatic rings. The van der Waals surface area contributed by atoms with Crippen LogP contribution in [0.2, 0.25) is 0 Å². The maximum atomic E-state index is 4.64. The normalized spacial score (nSPS) is 21.6. The minimum Gasteiger partial charge on any atom is -0.314 e. The fraction of sp³-hybridized carbons (Fsp3) is 0.688. The van der Waals surface area contributed by atoms with Gasteiger partial charge in [0.25, 0.3) is 0 Å². The zero-order chi connectivity index (χ0) is 13.0. The van der Waals surface area contributed by atoms with E-state index >= 15 is 0 Å². The van der Waals surface area contributed by atoms with Gasteiger partial charge in [0.1, 0.15) is 0 Å². The second-order valence-corrected chi connectivity index (χ2v) is 5.61. The average molecular weight is 246 g/mol. The van der Waals surface area contributed by atoms with Crippen LogP contribution in [0.4, 0.5) is 0 Å². The van der Waals surface area contributed by atoms with Crippen LogP contribution >= 0.6 is 0 Å². The van der Waals surface area contributed by atoms with Crippen LogP contribution in [-0.2, 0) is 6.42 Å². The molecule has 18 heavy (non-hydrogen) atoms. The summed E-state index contributed by atoms with van der Waals surface area (Å²) < 4.78 is 0. The van der Waals surface area contributed by atoms with E-state index in [1.54, 1.807) is 0 Å². The summed E-state index contributed by atoms with van der Waals surface area (Å²) >= 11 is 0. The number of pyridine rings is 1. The van der Waals surface area contributed by atoms with E-state index in [2.05, 4.69) is 43.2 Å². The molecule has 1 aliphatic rings. The van der Waals surface area contributed by atoms with Crippen LogP contribution in [0, 0.1) is 5.92 Å². The quantitative estimate of drug-likeness (QED) is 0.830. The van der Waals surface area contributed by atoms with Crippen molar-refractivity contribution in [2.45, 2.75) is 58.4 Å². The molecule has 1 aromatic heterocycles. The molecule has 2 rings (SSSR count). The summed E-state index contributed by atoms with van der Waals surface area (Å²) in [7, 11) is 0. The summed E-state index contributed by atoms with van der Waals surface area (Å²) in [6.07, 6.45) is 6.95. The second-order valence-electron chi connectivity index (χ2n) is 5.61. The standard InChI is InChI=1S/C16H26N2/c1-4-12(3)11-15(17-5-2)14-9-8-13-7-6-10-18-16(13)14/h6-7,10,12,14-15,17H,4-5,8-9,11H2,1-3H3. The minimum atomic E-state index is 0.598. The van der Waals surface area contributed by atoms with E-state index in [1.165, 1.54) is 36.9 Å². The van der Waals surface area contributed by atoms with Crippen LogP contribution in [0.15, 0.2) is 18.3 Å². The number of aromatic nitrogens is 1. The molecule has 2 heteroatoms. The topological polar surface area (TPSA) is 24.9 Å². The number of likely N-dealkylation sites (N-methyl/N-ethyl adjacent to an activating group) is 1. The maximum Gasteiger partial charge on any atom is 0.0482 e. The molecule has 3 unspecified atom stereocenters. The monoisotopic (exact) mass is 246 g/mol. The lowest BCUT2D eigenvalue weighted by molar-refractivity contribution is 0.347. The van der Waals surface area contributed by atoms with E-state index in [1.807, 2.05) is 6.20 Å². The Bertz CT molecular complexity index is 375. The van der Waals surface area contributed by atoms with Gasteiger partial charge in [0.2, 0.25) is 0 Å². The zero-order valence-corrected chi connectivity index (χ0v) is 11.9. The first-order valence-corrected chi connectivity index (χ1v) is 7.43. The van der Waals surface area contributed by atoms with Gasteiger partial charge in [-0.15, -0.1) is 0 Å². The van der Waals surface area contributed by atoms with Crippen LogP contribution < -0.4 is 5.32 Å². The van der Waals surface area contributed by atoms with Crippen LogP contribution in [0.1, 0.15) is 57.2 Å². The van der Waals surface area contributed by atoms with Crippen LogP contribution in [0.25, 0.3) is 0 Å². The van der Waals surface area contributed by atoms with E-state index in [0.29, 0.717) is 12.0 Å². The Morgan fingerprint density at radius 2 is 2.28 bits per heavy atom. The summed E-state index contributed by atoms with van der Waals surface area (Å²) in [5, 5.41) is 3.69. The highest BCUT2D eigenvalue weighted by molar-refractivity contribution is 5.30. The lowest BCUT2D eigenvalue weighted by atomic mass is 9.88. The highest BCUT2D eigenvalue weighted by Crippen LogP contribution is 2.35. The Balaban J connectivity index is 2.12. The summed E-state index contributed by atoms with van der Waals surface area (Å²) in [4.78, 5) is 4.64. The molecule has 0 saturated carbocycles. The Morgan fingerprint density at radius 3 is 3.00 bits per heavy atom. The fourth-order valence-corrected chi connectivity index (χ4v) is 3.09. The van der Waals surface area contributed by atoms with Crippen molar-refractivity contribution in [2.24, 2.45) is 5.92 Å². The Labute approximate surface area is 111 Å². The highest BCUT2D eigenvalue weighted by Gasteiger charge is 2.30. The summed E-state index contributed by atoms with van der Waals surface area (Å²) in [6.45, 7) is 7.91. The van der Waals surface area contributed by atoms with Crippen molar-refractivity contribution in [1.29, 1.82) is 0 Å². The van der Waals surface area contributed by atoms with Gasteiger partial charge in [-0.2, -0.15) is 0 Å². The van der Waals surface area contributed by atoms with Gasteiger partial charge in [-0.05, 0) is 43.4 Å². The molecule has 1 aliphatic carbocycles. The second kappa shape index (κ2) is 6.33. The van der Waals surface area contributed by atoms with Gasteiger partial charge in [-0.1, -0.05) is 33.3 Å². The molecular weight excluding hydrogens is 220 g/mol. The van der Waals surface area contributed by atoms with Crippen molar-refractivity contribution < 1.29 is 0 Å². The fourth-order valence-electron chi connectivity index (χ4n) is 3.09. The van der Waals surface area contributed by atoms with Crippen LogP contribution in [-0.4, -0.2) is 17.6 Å². The molecule has 1 heterocycles. The summed E-state index contributed by atoms with van der Waals surface area (Å²) in [6, 6.07) is 4.91. The lowest BCUT2D eigenvalue weighted by Crippen LogP contribution is -2.35. The molecule has 1 N–H and O–H groups in total. The first-order valence-electron chi connectivity index (χ1n) is 7.43. The molecule has 0 spiro atoms. The van der Waals surface area contributed by atoms with Gasteiger partial charge in [0.15, 0.2) is 0 Å². The van der Waals surface area contributed by atoms with Gasteiger partial charge >= 0.3 is 0 Å². The average Bonchev–Trinajstić information content (AvgIpc) is 2.82. The number of aryl methyl sites for hydroxylation is 1. The van der Waals surface area contributed by atoms with Crippen LogP contribution in [0.5, 0.6) is 0 Å². The molecule has 0 amide bonds. The van der Waals surface area contributed by atoms with E-state index in [-0.39, 0.29) is 0 Å². The summed E-state index contributed by atoms with van der Waals surface area (Å²) in [5.41, 5.74) is 2.82. The van der Waals surface area contributed by atoms with Crippen molar-refractivity contribution in [3.05, 3.63) is 29.6 Å². The first-order chi connectivity index (χ1) is 8.76. The predicted molar refractivity (Wildman–Crippen MR) is 76.8 cm³/mol. The zero-order valence-electron chi connectivity index (χ0n) is 11.9. The number of hydrogen-bond donors (Lipinski definition) is 1. The van der Waals surface area contributed by atoms with Gasteiger partial charge in [0.05, 0.1) is 0 Å². The van der Waals surface area contributed by atoms with Crippen molar-refractivity contribution in [2.75, 3.05) is 6.54 Å². The molecular formula is C16H26N2. The van der Waals surface area contributed by atoms with Crippen molar-refractivity contribution in [3.8, 4) is 0 Å². The SMILES string of the molecule is CCNC(CC(C)CC)C1CCc2cccnc21. The molecule has 0 fully saturated rings. The largest absolute Gasteiger partial charge is 0.314 e. The van der Waals surface area contributed by atoms with E-state index in [9.17, 15) is 0 Å². The van der Waals surface area contributed by atoms with Crippen molar-refractivity contribution in [3.63, 3.8) is 0 Å². The Morgan fingerprint density at radius 1 is 1.44 bits per heavy atom. The molecule has 0 radical (unpaired) electrons. The van der Waals surface area contributed by atoms with Crippen LogP contribution in [0.3, 0.4) is 0 Å². The molecule has 2 nitrogen and oxygen atoms in total. The molecule has 0 bridgehead atoms. The van der Waals surface area contributed by atoms with Gasteiger partial charge in [0, 0.05) is 23.9 Å². The predicted octanol–water partition coefficient (Wildman–Crippen LogP) is 3.53. The van der Waals surface area contributed by atoms with Gasteiger partial charge in [-0.3, -0.25) is 4.98 Å². The first kappa shape index (κ1) is 13.5. The van der Waals surface area contributed by atoms with Crippen molar-refractivity contribution in [1.82, 2.24) is 10.3 Å². The van der Waals surface area contributed by atoms with E-state index < -0.39 is 0 Å². The number of nitrogens with one attached hydrogen (secondary N) is 1. The highest BCUT2D eigenvalue weighted by atomic mass is 14.9. The number of rotatable bonds is 6. The number of nitrogens with zero attached hydrogens (tertiary/aromatic N) is 1. The van der Waals surface area contributed by atoms with E-state index in [4.69, 9.17) is 0 Å². The number of fused-ring (bicyclic) bond motifs is 1. The van der Waals surface area contributed by atoms with Gasteiger partial charge < -0.3 is 5.32 Å². The Hall–Kier alpha value is -0.890. The molecule has 100 valence electrons. The molecule has 0 saturated heterocycles. The van der Waals surface area contributed by atoms with Crippen molar-refractivity contribution >= 4 is 0 Å². The number of hydrogen-bond acceptors (Lipinski definition) is 2. The minimum absolute atomic E-state index is 0.598. The molecule has 0 aliphatic heterocycles. The smallest absolute Gasteiger partial charge is 0.0482 e. The third-order valence-electron chi connectivity index (χ3n) is 4.31. The maximum absolute atomic E-state index is 4.64. The molecule has 0 aromatic carbocycles. The van der Waals surface area contributed by atoms with E-state index in [0.717, 1.165) is 12.5 Å². The lowest BCUT2D eigenvalue weighted by Gasteiger charge is -2.27. The Kier molecular flexibility index (Phi) is 4.76. The summed E-state index contributed by atoms with van der Waals surface area (Å²) in [5.74, 6) is 1.41. The van der Waals surface area contributed by atoms with Gasteiger partial charge in [-0.25, -0.2) is 0 Å². The molecule has 3 atom stereocenters. The third kappa shape index (κ3) is 2.92.